The van der Waals surface area contributed by atoms with Crippen LogP contribution in [0.3, 0.4) is 0 Å². The van der Waals surface area contributed by atoms with Crippen molar-refractivity contribution in [1.29, 1.82) is 0 Å². The van der Waals surface area contributed by atoms with E-state index in [4.69, 9.17) is 9.84 Å². The first-order chi connectivity index (χ1) is 8.47. The average molecular weight is 255 g/mol. The summed E-state index contributed by atoms with van der Waals surface area (Å²) in [4.78, 5) is 28.9. The van der Waals surface area contributed by atoms with Crippen LogP contribution in [0.15, 0.2) is 6.33 Å². The maximum absolute atomic E-state index is 11.9. The molecule has 7 heteroatoms. The van der Waals surface area contributed by atoms with Gasteiger partial charge in [-0.3, -0.25) is 4.79 Å². The van der Waals surface area contributed by atoms with E-state index in [0.29, 0.717) is 6.61 Å². The summed E-state index contributed by atoms with van der Waals surface area (Å²) in [5.41, 5.74) is -0.336. The summed E-state index contributed by atoms with van der Waals surface area (Å²) in [5, 5.41) is 11.6. The second kappa shape index (κ2) is 6.15. The predicted octanol–water partition coefficient (Wildman–Crippen LogP) is 0.509. The fraction of sp³-hybridized carbons (Fsp3) is 0.545. The molecule has 100 valence electrons. The largest absolute Gasteiger partial charge is 0.477 e. The van der Waals surface area contributed by atoms with Gasteiger partial charge in [-0.25, -0.2) is 9.78 Å². The number of nitrogens with zero attached hydrogens (tertiary/aromatic N) is 1. The minimum absolute atomic E-state index is 0.121. The smallest absolute Gasteiger partial charge is 0.354 e. The van der Waals surface area contributed by atoms with Crippen LogP contribution in [0, 0.1) is 5.92 Å². The number of amides is 1. The van der Waals surface area contributed by atoms with Gasteiger partial charge in [0, 0.05) is 7.11 Å². The number of rotatable bonds is 6. The first-order valence-electron chi connectivity index (χ1n) is 5.53. The van der Waals surface area contributed by atoms with Gasteiger partial charge in [-0.2, -0.15) is 0 Å². The van der Waals surface area contributed by atoms with Crippen LogP contribution in [-0.2, 0) is 4.74 Å². The van der Waals surface area contributed by atoms with Crippen molar-refractivity contribution in [3.8, 4) is 0 Å². The minimum atomic E-state index is -1.22. The molecule has 0 saturated carbocycles. The van der Waals surface area contributed by atoms with Crippen LogP contribution in [0.5, 0.6) is 0 Å². The van der Waals surface area contributed by atoms with E-state index >= 15 is 0 Å². The molecule has 1 amide bonds. The molecule has 7 nitrogen and oxygen atoms in total. The number of carboxylic acids is 1. The molecule has 0 radical (unpaired) electrons. The van der Waals surface area contributed by atoms with Crippen molar-refractivity contribution in [3.05, 3.63) is 17.7 Å². The van der Waals surface area contributed by atoms with Crippen molar-refractivity contribution in [3.63, 3.8) is 0 Å². The first-order valence-corrected chi connectivity index (χ1v) is 5.53. The number of hydrogen-bond donors (Lipinski definition) is 3. The number of ether oxygens (including phenoxy) is 1. The zero-order valence-corrected chi connectivity index (χ0v) is 10.6. The molecule has 0 bridgehead atoms. The summed E-state index contributed by atoms with van der Waals surface area (Å²) < 4.78 is 5.00. The third-order valence-electron chi connectivity index (χ3n) is 2.54. The van der Waals surface area contributed by atoms with Gasteiger partial charge in [0.1, 0.15) is 0 Å². The maximum atomic E-state index is 11.9. The van der Waals surface area contributed by atoms with Crippen molar-refractivity contribution >= 4 is 11.9 Å². The summed E-state index contributed by atoms with van der Waals surface area (Å²) in [6, 6.07) is -0.194. The van der Waals surface area contributed by atoms with Gasteiger partial charge in [-0.15, -0.1) is 0 Å². The Morgan fingerprint density at radius 2 is 2.22 bits per heavy atom. The maximum Gasteiger partial charge on any atom is 0.354 e. The van der Waals surface area contributed by atoms with Crippen LogP contribution in [0.2, 0.25) is 0 Å². The van der Waals surface area contributed by atoms with Crippen molar-refractivity contribution in [2.75, 3.05) is 13.7 Å². The highest BCUT2D eigenvalue weighted by Gasteiger charge is 2.23. The lowest BCUT2D eigenvalue weighted by Gasteiger charge is -2.21. The first kappa shape index (κ1) is 14.2. The zero-order valence-electron chi connectivity index (χ0n) is 10.6. The highest BCUT2D eigenvalue weighted by Crippen LogP contribution is 2.06. The van der Waals surface area contributed by atoms with E-state index in [0.717, 1.165) is 0 Å². The van der Waals surface area contributed by atoms with E-state index in [-0.39, 0.29) is 23.3 Å². The summed E-state index contributed by atoms with van der Waals surface area (Å²) in [6.07, 6.45) is 1.18. The van der Waals surface area contributed by atoms with E-state index in [2.05, 4.69) is 15.3 Å². The Bertz CT molecular complexity index is 428. The number of H-pyrrole nitrogens is 1. The summed E-state index contributed by atoms with van der Waals surface area (Å²) in [5.74, 6) is -1.57. The van der Waals surface area contributed by atoms with Gasteiger partial charge < -0.3 is 20.1 Å². The van der Waals surface area contributed by atoms with Crippen molar-refractivity contribution < 1.29 is 19.4 Å². The lowest BCUT2D eigenvalue weighted by molar-refractivity contribution is 0.0682. The summed E-state index contributed by atoms with van der Waals surface area (Å²) >= 11 is 0. The SMILES string of the molecule is COCC(NC(=O)c1nc[nH]c1C(=O)O)C(C)C. The predicted molar refractivity (Wildman–Crippen MR) is 63.5 cm³/mol. The van der Waals surface area contributed by atoms with Crippen molar-refractivity contribution in [1.82, 2.24) is 15.3 Å². The molecule has 0 aliphatic rings. The fourth-order valence-corrected chi connectivity index (χ4v) is 1.45. The standard InChI is InChI=1S/C11H17N3O4/c1-6(2)7(4-18-3)14-10(15)8-9(11(16)17)13-5-12-8/h5-7H,4H2,1-3H3,(H,12,13)(H,14,15)(H,16,17). The number of imidazole rings is 1. The number of nitrogens with one attached hydrogen (secondary N) is 2. The van der Waals surface area contributed by atoms with Gasteiger partial charge in [-0.1, -0.05) is 13.8 Å². The Morgan fingerprint density at radius 1 is 1.56 bits per heavy atom. The Hall–Kier alpha value is -1.89. The Morgan fingerprint density at radius 3 is 2.72 bits per heavy atom. The van der Waals surface area contributed by atoms with Crippen LogP contribution in [0.1, 0.15) is 34.8 Å². The molecule has 1 aromatic rings. The molecular formula is C11H17N3O4. The van der Waals surface area contributed by atoms with E-state index in [1.165, 1.54) is 6.33 Å². The van der Waals surface area contributed by atoms with Crippen molar-refractivity contribution in [2.24, 2.45) is 5.92 Å². The van der Waals surface area contributed by atoms with E-state index in [1.54, 1.807) is 7.11 Å². The second-order valence-corrected chi connectivity index (χ2v) is 4.21. The number of hydrogen-bond acceptors (Lipinski definition) is 4. The van der Waals surface area contributed by atoms with E-state index < -0.39 is 11.9 Å². The van der Waals surface area contributed by atoms with Gasteiger partial charge in [0.15, 0.2) is 11.4 Å². The molecule has 0 aliphatic heterocycles. The number of aromatic amines is 1. The second-order valence-electron chi connectivity index (χ2n) is 4.21. The molecule has 1 atom stereocenters. The third-order valence-corrected chi connectivity index (χ3v) is 2.54. The molecule has 1 unspecified atom stereocenters. The number of aromatic nitrogens is 2. The van der Waals surface area contributed by atoms with E-state index in [9.17, 15) is 9.59 Å². The highest BCUT2D eigenvalue weighted by molar-refractivity contribution is 6.02. The molecule has 0 spiro atoms. The number of methoxy groups -OCH3 is 1. The molecule has 0 saturated heterocycles. The van der Waals surface area contributed by atoms with Gasteiger partial charge in [0.25, 0.3) is 5.91 Å². The molecule has 18 heavy (non-hydrogen) atoms. The molecule has 0 aliphatic carbocycles. The van der Waals surface area contributed by atoms with E-state index in [1.807, 2.05) is 13.8 Å². The average Bonchev–Trinajstić information content (AvgIpc) is 2.77. The zero-order chi connectivity index (χ0) is 13.7. The lowest BCUT2D eigenvalue weighted by Crippen LogP contribution is -2.42. The molecule has 0 aromatic carbocycles. The summed E-state index contributed by atoms with van der Waals surface area (Å²) in [7, 11) is 1.54. The lowest BCUT2D eigenvalue weighted by atomic mass is 10.1. The molecular weight excluding hydrogens is 238 g/mol. The number of aromatic carboxylic acids is 1. The molecule has 1 rings (SSSR count). The molecule has 3 N–H and O–H groups in total. The summed E-state index contributed by atoms with van der Waals surface area (Å²) in [6.45, 7) is 4.23. The molecule has 1 heterocycles. The fourth-order valence-electron chi connectivity index (χ4n) is 1.45. The van der Waals surface area contributed by atoms with Crippen LogP contribution < -0.4 is 5.32 Å². The Labute approximate surface area is 105 Å². The topological polar surface area (TPSA) is 104 Å². The van der Waals surface area contributed by atoms with Gasteiger partial charge in [-0.05, 0) is 5.92 Å². The third kappa shape index (κ3) is 3.30. The van der Waals surface area contributed by atoms with Crippen LogP contribution >= 0.6 is 0 Å². The number of carboxylic acid groups (broad SMARTS) is 1. The molecule has 1 aromatic heterocycles. The normalized spacial score (nSPS) is 12.4. The quantitative estimate of drug-likeness (QED) is 0.687. The number of carbonyl (C=O) groups is 2. The molecule has 0 fully saturated rings. The Balaban J connectivity index is 2.80. The number of carbonyl (C=O) groups excluding carboxylic acids is 1. The van der Waals surface area contributed by atoms with Crippen LogP contribution in [0.25, 0.3) is 0 Å². The van der Waals surface area contributed by atoms with Gasteiger partial charge in [0.05, 0.1) is 19.0 Å². The minimum Gasteiger partial charge on any atom is -0.477 e. The monoisotopic (exact) mass is 255 g/mol. The van der Waals surface area contributed by atoms with Crippen molar-refractivity contribution in [2.45, 2.75) is 19.9 Å². The van der Waals surface area contributed by atoms with Crippen LogP contribution in [-0.4, -0.2) is 46.7 Å². The van der Waals surface area contributed by atoms with Gasteiger partial charge in [0.2, 0.25) is 0 Å². The van der Waals surface area contributed by atoms with Crippen LogP contribution in [0.4, 0.5) is 0 Å². The van der Waals surface area contributed by atoms with Gasteiger partial charge >= 0.3 is 5.97 Å². The highest BCUT2D eigenvalue weighted by atomic mass is 16.5. The Kier molecular flexibility index (Phi) is 4.85.